The first-order valence-electron chi connectivity index (χ1n) is 8.87. The molecule has 2 heterocycles. The third-order valence-electron chi connectivity index (χ3n) is 4.63. The molecule has 2 aliphatic heterocycles. The highest BCUT2D eigenvalue weighted by Crippen LogP contribution is 2.28. The lowest BCUT2D eigenvalue weighted by molar-refractivity contribution is -0.345. The number of hydrogen-bond acceptors (Lipinski definition) is 12. The van der Waals surface area contributed by atoms with Crippen molar-refractivity contribution in [3.63, 3.8) is 0 Å². The summed E-state index contributed by atoms with van der Waals surface area (Å²) in [5.74, 6) is 0. The fourth-order valence-corrected chi connectivity index (χ4v) is 3.05. The lowest BCUT2D eigenvalue weighted by atomic mass is 9.95. The van der Waals surface area contributed by atoms with E-state index >= 15 is 0 Å². The number of alkyl carbamates (subject to hydrolysis) is 1. The Bertz CT molecular complexity index is 548. The molecule has 2 rings (SSSR count). The molecule has 13 heteroatoms. The topological polar surface area (TPSA) is 208 Å². The second kappa shape index (κ2) is 10.6. The van der Waals surface area contributed by atoms with E-state index in [0.717, 1.165) is 0 Å². The van der Waals surface area contributed by atoms with E-state index in [1.807, 2.05) is 0 Å². The summed E-state index contributed by atoms with van der Waals surface area (Å²) in [7, 11) is 0. The van der Waals surface area contributed by atoms with Gasteiger partial charge in [0.25, 0.3) is 0 Å². The van der Waals surface area contributed by atoms with Gasteiger partial charge < -0.3 is 60.0 Å². The summed E-state index contributed by atoms with van der Waals surface area (Å²) in [6.07, 6.45) is -13.8. The van der Waals surface area contributed by atoms with E-state index in [-0.39, 0.29) is 6.61 Å². The number of ether oxygens (including phenoxy) is 4. The molecule has 2 aliphatic rings. The van der Waals surface area contributed by atoms with Crippen LogP contribution in [0, 0.1) is 0 Å². The van der Waals surface area contributed by atoms with Crippen LogP contribution in [-0.2, 0) is 18.9 Å². The minimum absolute atomic E-state index is 0.129. The van der Waals surface area contributed by atoms with Crippen molar-refractivity contribution in [2.75, 3.05) is 19.8 Å². The fourth-order valence-electron chi connectivity index (χ4n) is 3.05. The maximum atomic E-state index is 11.7. The maximum Gasteiger partial charge on any atom is 0.407 e. The highest BCUT2D eigenvalue weighted by molar-refractivity contribution is 5.67. The Morgan fingerprint density at radius 3 is 2.21 bits per heavy atom. The van der Waals surface area contributed by atoms with Crippen LogP contribution >= 0.6 is 0 Å². The molecule has 0 radical (unpaired) electrons. The molecule has 168 valence electrons. The van der Waals surface area contributed by atoms with Crippen molar-refractivity contribution in [2.45, 2.75) is 61.3 Å². The lowest BCUT2D eigenvalue weighted by Gasteiger charge is -2.46. The van der Waals surface area contributed by atoms with Crippen LogP contribution in [-0.4, -0.2) is 123 Å². The van der Waals surface area contributed by atoms with E-state index in [2.05, 4.69) is 11.9 Å². The van der Waals surface area contributed by atoms with Gasteiger partial charge >= 0.3 is 6.09 Å². The molecule has 13 nitrogen and oxygen atoms in total. The number of hydrogen-bond donors (Lipinski definition) is 8. The molecule has 0 aromatic carbocycles. The molecule has 0 spiro atoms. The molecule has 0 aromatic rings. The Hall–Kier alpha value is -1.39. The summed E-state index contributed by atoms with van der Waals surface area (Å²) in [6.45, 7) is 1.82. The van der Waals surface area contributed by atoms with Crippen LogP contribution in [0.15, 0.2) is 12.7 Å². The number of carbonyl (C=O) groups is 1. The number of nitrogens with one attached hydrogen (secondary N) is 1. The molecule has 0 bridgehead atoms. The van der Waals surface area contributed by atoms with Gasteiger partial charge in [-0.2, -0.15) is 0 Å². The van der Waals surface area contributed by atoms with Gasteiger partial charge in [0.1, 0.15) is 55.4 Å². The van der Waals surface area contributed by atoms with Gasteiger partial charge in [-0.3, -0.25) is 0 Å². The molecular weight excluding hydrogens is 398 g/mol. The number of aliphatic hydroxyl groups excluding tert-OH is 7. The van der Waals surface area contributed by atoms with E-state index in [1.165, 1.54) is 6.08 Å². The Balaban J connectivity index is 2.13. The van der Waals surface area contributed by atoms with E-state index in [9.17, 15) is 40.5 Å². The van der Waals surface area contributed by atoms with Crippen LogP contribution in [0.1, 0.15) is 0 Å². The Morgan fingerprint density at radius 1 is 0.966 bits per heavy atom. The smallest absolute Gasteiger partial charge is 0.407 e. The third kappa shape index (κ3) is 5.40. The van der Waals surface area contributed by atoms with Crippen molar-refractivity contribution in [1.82, 2.24) is 5.32 Å². The van der Waals surface area contributed by atoms with Crippen molar-refractivity contribution in [2.24, 2.45) is 0 Å². The van der Waals surface area contributed by atoms with Gasteiger partial charge in [-0.05, 0) is 0 Å². The first-order chi connectivity index (χ1) is 13.7. The quantitative estimate of drug-likeness (QED) is 0.182. The summed E-state index contributed by atoms with van der Waals surface area (Å²) in [5, 5.41) is 71.2. The normalized spacial score (nSPS) is 42.9. The Morgan fingerprint density at radius 2 is 1.62 bits per heavy atom. The van der Waals surface area contributed by atoms with Gasteiger partial charge in [-0.1, -0.05) is 12.7 Å². The monoisotopic (exact) mass is 425 g/mol. The summed E-state index contributed by atoms with van der Waals surface area (Å²) in [5.41, 5.74) is 0. The Labute approximate surface area is 165 Å². The second-order valence-electron chi connectivity index (χ2n) is 6.59. The third-order valence-corrected chi connectivity index (χ3v) is 4.63. The average Bonchev–Trinajstić information content (AvgIpc) is 2.71. The van der Waals surface area contributed by atoms with Crippen LogP contribution < -0.4 is 5.32 Å². The van der Waals surface area contributed by atoms with Gasteiger partial charge in [-0.25, -0.2) is 4.79 Å². The second-order valence-corrected chi connectivity index (χ2v) is 6.59. The van der Waals surface area contributed by atoms with Crippen molar-refractivity contribution in [1.29, 1.82) is 0 Å². The van der Waals surface area contributed by atoms with Gasteiger partial charge in [0, 0.05) is 0 Å². The SMILES string of the molecule is C=CCOC(=O)N[C@H]1[C@@H](O)[C@H](O[C@@H]2O[C@H](CO)[C@H](O)[C@@H](O)[C@@H]2O)[C@@H](CO)O[C@H]1O. The molecule has 0 aromatic heterocycles. The van der Waals surface area contributed by atoms with Crippen molar-refractivity contribution >= 4 is 6.09 Å². The molecule has 2 saturated heterocycles. The van der Waals surface area contributed by atoms with Gasteiger partial charge in [0.15, 0.2) is 12.6 Å². The predicted molar refractivity (Wildman–Crippen MR) is 91.1 cm³/mol. The maximum absolute atomic E-state index is 11.7. The van der Waals surface area contributed by atoms with Crippen LogP contribution in [0.3, 0.4) is 0 Å². The number of carbonyl (C=O) groups excluding carboxylic acids is 1. The van der Waals surface area contributed by atoms with Crippen molar-refractivity contribution < 1.29 is 59.5 Å². The van der Waals surface area contributed by atoms with Crippen molar-refractivity contribution in [3.8, 4) is 0 Å². The summed E-state index contributed by atoms with van der Waals surface area (Å²) in [4.78, 5) is 11.7. The van der Waals surface area contributed by atoms with E-state index < -0.39 is 80.7 Å². The number of rotatable bonds is 7. The summed E-state index contributed by atoms with van der Waals surface area (Å²) in [6, 6.07) is -1.44. The van der Waals surface area contributed by atoms with E-state index in [1.54, 1.807) is 0 Å². The predicted octanol–water partition coefficient (Wildman–Crippen LogP) is -4.48. The molecular formula is C16H27NO12. The molecule has 0 saturated carbocycles. The lowest BCUT2D eigenvalue weighted by Crippen LogP contribution is -2.67. The fraction of sp³-hybridized carbons (Fsp3) is 0.812. The number of aliphatic hydroxyl groups is 7. The zero-order valence-corrected chi connectivity index (χ0v) is 15.4. The molecule has 2 fully saturated rings. The van der Waals surface area contributed by atoms with Crippen molar-refractivity contribution in [3.05, 3.63) is 12.7 Å². The largest absolute Gasteiger partial charge is 0.445 e. The standard InChI is InChI=1S/C16H27NO12/c1-2-3-26-16(25)17-8-10(21)13(7(5-19)27-14(8)24)29-15-12(23)11(22)9(20)6(4-18)28-15/h2,6-15,18-24H,1,3-5H2,(H,17,25)/t6-,7-,8+,9+,10-,11-,12+,13-,14-,15+/m1/s1. The van der Waals surface area contributed by atoms with Crippen LogP contribution in [0.2, 0.25) is 0 Å². The molecule has 10 atom stereocenters. The molecule has 1 amide bonds. The first-order valence-corrected chi connectivity index (χ1v) is 8.87. The highest BCUT2D eigenvalue weighted by atomic mass is 16.7. The molecule has 0 unspecified atom stereocenters. The zero-order valence-electron chi connectivity index (χ0n) is 15.4. The minimum atomic E-state index is -1.77. The van der Waals surface area contributed by atoms with E-state index in [0.29, 0.717) is 0 Å². The van der Waals surface area contributed by atoms with Crippen LogP contribution in [0.25, 0.3) is 0 Å². The highest BCUT2D eigenvalue weighted by Gasteiger charge is 2.50. The first kappa shape index (κ1) is 23.9. The number of amides is 1. The van der Waals surface area contributed by atoms with Gasteiger partial charge in [-0.15, -0.1) is 0 Å². The zero-order chi connectivity index (χ0) is 21.7. The average molecular weight is 425 g/mol. The Kier molecular flexibility index (Phi) is 8.72. The molecule has 8 N–H and O–H groups in total. The summed E-state index contributed by atoms with van der Waals surface area (Å²) >= 11 is 0. The van der Waals surface area contributed by atoms with Crippen LogP contribution in [0.5, 0.6) is 0 Å². The molecule has 29 heavy (non-hydrogen) atoms. The molecule has 0 aliphatic carbocycles. The van der Waals surface area contributed by atoms with Gasteiger partial charge in [0.05, 0.1) is 13.2 Å². The van der Waals surface area contributed by atoms with Crippen LogP contribution in [0.4, 0.5) is 4.79 Å². The summed E-state index contributed by atoms with van der Waals surface area (Å²) < 4.78 is 20.5. The van der Waals surface area contributed by atoms with Gasteiger partial charge in [0.2, 0.25) is 0 Å². The van der Waals surface area contributed by atoms with E-state index in [4.69, 9.17) is 18.9 Å². The minimum Gasteiger partial charge on any atom is -0.445 e.